The Morgan fingerprint density at radius 2 is 2.04 bits per heavy atom. The summed E-state index contributed by atoms with van der Waals surface area (Å²) in [5.74, 6) is 2.48. The fraction of sp³-hybridized carbons (Fsp3) is 0.650. The minimum Gasteiger partial charge on any atom is -0.492 e. The molecule has 1 saturated heterocycles. The number of rotatable bonds is 8. The van der Waals surface area contributed by atoms with Gasteiger partial charge >= 0.3 is 0 Å². The highest BCUT2D eigenvalue weighted by Crippen LogP contribution is 2.16. The van der Waals surface area contributed by atoms with Gasteiger partial charge in [-0.25, -0.2) is 0 Å². The minimum absolute atomic E-state index is 0.626. The normalized spacial score (nSPS) is 18.8. The fourth-order valence-corrected chi connectivity index (χ4v) is 3.12. The number of benzene rings is 1. The van der Waals surface area contributed by atoms with Crippen molar-refractivity contribution in [2.24, 2.45) is 10.9 Å². The Kier molecular flexibility index (Phi) is 8.60. The van der Waals surface area contributed by atoms with Gasteiger partial charge in [0.1, 0.15) is 12.4 Å². The zero-order valence-electron chi connectivity index (χ0n) is 16.1. The third-order valence-corrected chi connectivity index (χ3v) is 4.59. The van der Waals surface area contributed by atoms with Crippen molar-refractivity contribution in [1.82, 2.24) is 15.5 Å². The predicted molar refractivity (Wildman–Crippen MR) is 105 cm³/mol. The first kappa shape index (κ1) is 19.6. The highest BCUT2D eigenvalue weighted by Gasteiger charge is 2.18. The van der Waals surface area contributed by atoms with E-state index < -0.39 is 0 Å². The molecule has 0 aliphatic carbocycles. The molecule has 2 rings (SSSR count). The molecular formula is C20H34N4O. The van der Waals surface area contributed by atoms with Crippen LogP contribution in [0, 0.1) is 12.8 Å². The molecule has 5 heteroatoms. The van der Waals surface area contributed by atoms with E-state index in [1.807, 2.05) is 12.1 Å². The van der Waals surface area contributed by atoms with Gasteiger partial charge in [-0.2, -0.15) is 0 Å². The standard InChI is InChI=1S/C20H34N4O/c1-4-21-20(23-15-18-7-6-13-24(5-2)16-18)22-12-14-25-19-10-8-17(3)9-11-19/h8-11,18H,4-7,12-16H2,1-3H3,(H2,21,22,23). The SMILES string of the molecule is CCNC(=NCC1CCCN(CC)C1)NCCOc1ccc(C)cc1. The van der Waals surface area contributed by atoms with E-state index >= 15 is 0 Å². The van der Waals surface area contributed by atoms with E-state index in [1.165, 1.54) is 31.5 Å². The summed E-state index contributed by atoms with van der Waals surface area (Å²) in [7, 11) is 0. The quantitative estimate of drug-likeness (QED) is 0.432. The maximum atomic E-state index is 5.76. The number of nitrogens with zero attached hydrogens (tertiary/aromatic N) is 2. The van der Waals surface area contributed by atoms with Gasteiger partial charge in [0.25, 0.3) is 0 Å². The minimum atomic E-state index is 0.626. The highest BCUT2D eigenvalue weighted by atomic mass is 16.5. The zero-order valence-corrected chi connectivity index (χ0v) is 16.1. The lowest BCUT2D eigenvalue weighted by Gasteiger charge is -2.31. The Morgan fingerprint density at radius 1 is 1.24 bits per heavy atom. The summed E-state index contributed by atoms with van der Waals surface area (Å²) in [6, 6.07) is 8.16. The van der Waals surface area contributed by atoms with Crippen LogP contribution in [0.3, 0.4) is 0 Å². The van der Waals surface area contributed by atoms with Crippen molar-refractivity contribution in [2.75, 3.05) is 45.9 Å². The van der Waals surface area contributed by atoms with Crippen LogP contribution < -0.4 is 15.4 Å². The molecule has 5 nitrogen and oxygen atoms in total. The van der Waals surface area contributed by atoms with E-state index in [9.17, 15) is 0 Å². The summed E-state index contributed by atoms with van der Waals surface area (Å²) >= 11 is 0. The van der Waals surface area contributed by atoms with E-state index in [0.29, 0.717) is 12.5 Å². The van der Waals surface area contributed by atoms with Crippen LogP contribution in [0.15, 0.2) is 29.3 Å². The number of aliphatic imine (C=N–C) groups is 1. The number of guanidine groups is 1. The van der Waals surface area contributed by atoms with E-state index in [0.717, 1.165) is 37.9 Å². The van der Waals surface area contributed by atoms with Gasteiger partial charge in [0.15, 0.2) is 5.96 Å². The monoisotopic (exact) mass is 346 g/mol. The predicted octanol–water partition coefficient (Wildman–Crippen LogP) is 2.66. The zero-order chi connectivity index (χ0) is 17.9. The molecule has 1 aliphatic rings. The van der Waals surface area contributed by atoms with Gasteiger partial charge in [-0.1, -0.05) is 24.6 Å². The van der Waals surface area contributed by atoms with Crippen molar-refractivity contribution in [3.63, 3.8) is 0 Å². The third-order valence-electron chi connectivity index (χ3n) is 4.59. The summed E-state index contributed by atoms with van der Waals surface area (Å²) in [6.07, 6.45) is 2.58. The number of ether oxygens (including phenoxy) is 1. The van der Waals surface area contributed by atoms with Gasteiger partial charge in [-0.05, 0) is 57.8 Å². The third kappa shape index (κ3) is 7.34. The van der Waals surface area contributed by atoms with Gasteiger partial charge in [-0.15, -0.1) is 0 Å². The van der Waals surface area contributed by atoms with E-state index in [2.05, 4.69) is 48.4 Å². The van der Waals surface area contributed by atoms with Gasteiger partial charge in [0.2, 0.25) is 0 Å². The Hall–Kier alpha value is -1.75. The second kappa shape index (κ2) is 11.0. The summed E-state index contributed by atoms with van der Waals surface area (Å²) in [6.45, 7) is 13.1. The molecule has 0 amide bonds. The van der Waals surface area contributed by atoms with Crippen LogP contribution in [0.2, 0.25) is 0 Å². The molecule has 1 atom stereocenters. The van der Waals surface area contributed by atoms with Crippen LogP contribution in [0.5, 0.6) is 5.75 Å². The van der Waals surface area contributed by atoms with E-state index in [1.54, 1.807) is 0 Å². The largest absolute Gasteiger partial charge is 0.492 e. The molecule has 0 spiro atoms. The molecule has 0 bridgehead atoms. The molecule has 0 aromatic heterocycles. The Labute approximate surface area is 152 Å². The van der Waals surface area contributed by atoms with Gasteiger partial charge in [0, 0.05) is 19.6 Å². The molecule has 1 aromatic rings. The number of likely N-dealkylation sites (tertiary alicyclic amines) is 1. The molecular weight excluding hydrogens is 312 g/mol. The van der Waals surface area contributed by atoms with Crippen molar-refractivity contribution in [2.45, 2.75) is 33.6 Å². The first-order valence-corrected chi connectivity index (χ1v) is 9.65. The Morgan fingerprint density at radius 3 is 2.76 bits per heavy atom. The van der Waals surface area contributed by atoms with Crippen molar-refractivity contribution in [3.05, 3.63) is 29.8 Å². The first-order chi connectivity index (χ1) is 12.2. The van der Waals surface area contributed by atoms with Gasteiger partial charge < -0.3 is 20.3 Å². The maximum absolute atomic E-state index is 5.76. The van der Waals surface area contributed by atoms with Gasteiger partial charge in [0.05, 0.1) is 6.54 Å². The van der Waals surface area contributed by atoms with Crippen LogP contribution in [-0.2, 0) is 0 Å². The van der Waals surface area contributed by atoms with E-state index in [-0.39, 0.29) is 0 Å². The molecule has 1 aromatic carbocycles. The summed E-state index contributed by atoms with van der Waals surface area (Å²) < 4.78 is 5.76. The van der Waals surface area contributed by atoms with Crippen molar-refractivity contribution < 1.29 is 4.74 Å². The van der Waals surface area contributed by atoms with Crippen LogP contribution >= 0.6 is 0 Å². The van der Waals surface area contributed by atoms with Crippen molar-refractivity contribution in [3.8, 4) is 5.75 Å². The second-order valence-corrected chi connectivity index (χ2v) is 6.71. The Bertz CT molecular complexity index is 515. The van der Waals surface area contributed by atoms with Crippen LogP contribution in [0.4, 0.5) is 0 Å². The molecule has 0 radical (unpaired) electrons. The number of aryl methyl sites for hydroxylation is 1. The molecule has 2 N–H and O–H groups in total. The lowest BCUT2D eigenvalue weighted by atomic mass is 9.98. The molecule has 1 aliphatic heterocycles. The number of piperidine rings is 1. The molecule has 0 saturated carbocycles. The lowest BCUT2D eigenvalue weighted by Crippen LogP contribution is -2.41. The summed E-state index contributed by atoms with van der Waals surface area (Å²) in [4.78, 5) is 7.30. The number of hydrogen-bond acceptors (Lipinski definition) is 3. The average molecular weight is 347 g/mol. The smallest absolute Gasteiger partial charge is 0.191 e. The maximum Gasteiger partial charge on any atom is 0.191 e. The van der Waals surface area contributed by atoms with Crippen molar-refractivity contribution in [1.29, 1.82) is 0 Å². The fourth-order valence-electron chi connectivity index (χ4n) is 3.12. The number of hydrogen-bond donors (Lipinski definition) is 2. The summed E-state index contributed by atoms with van der Waals surface area (Å²) in [5.41, 5.74) is 1.25. The molecule has 25 heavy (non-hydrogen) atoms. The highest BCUT2D eigenvalue weighted by molar-refractivity contribution is 5.79. The second-order valence-electron chi connectivity index (χ2n) is 6.71. The first-order valence-electron chi connectivity index (χ1n) is 9.65. The van der Waals surface area contributed by atoms with Gasteiger partial charge in [-0.3, -0.25) is 4.99 Å². The van der Waals surface area contributed by atoms with Crippen LogP contribution in [-0.4, -0.2) is 56.7 Å². The van der Waals surface area contributed by atoms with Crippen LogP contribution in [0.25, 0.3) is 0 Å². The molecule has 140 valence electrons. The average Bonchev–Trinajstić information content (AvgIpc) is 2.64. The van der Waals surface area contributed by atoms with E-state index in [4.69, 9.17) is 9.73 Å². The lowest BCUT2D eigenvalue weighted by molar-refractivity contribution is 0.186. The van der Waals surface area contributed by atoms with Crippen molar-refractivity contribution >= 4 is 5.96 Å². The van der Waals surface area contributed by atoms with Crippen LogP contribution in [0.1, 0.15) is 32.3 Å². The topological polar surface area (TPSA) is 48.9 Å². The molecule has 1 unspecified atom stereocenters. The molecule has 1 heterocycles. The number of nitrogens with one attached hydrogen (secondary N) is 2. The molecule has 1 fully saturated rings. The Balaban J connectivity index is 1.72. The summed E-state index contributed by atoms with van der Waals surface area (Å²) in [5, 5.41) is 6.69.